The standard InChI is InChI=1S/C26H23F4N.C14H12BrF.ClH/c27-25-10-8-21(9-11-25)20-6-4-19(5-7-20)12-15-31-16-13-22(14-17-31)23-2-1-3-24(18-23)26(28,29)30;15-10-9-11-1-3-12(4-2-11)13-5-7-14(16)8-6-13;/h1-11,13,18H,12,14-17H2;1-8H,9-10H2;1H. The first-order chi connectivity index (χ1) is 22.7. The quantitative estimate of drug-likeness (QED) is 0.113. The van der Waals surface area contributed by atoms with Crippen LogP contribution in [0.2, 0.25) is 0 Å². The lowest BCUT2D eigenvalue weighted by molar-refractivity contribution is -0.137. The molecule has 8 heteroatoms. The zero-order valence-corrected chi connectivity index (χ0v) is 28.6. The summed E-state index contributed by atoms with van der Waals surface area (Å²) < 4.78 is 64.7. The molecule has 0 saturated carbocycles. The van der Waals surface area contributed by atoms with Gasteiger partial charge in [0.15, 0.2) is 0 Å². The van der Waals surface area contributed by atoms with Crippen molar-refractivity contribution in [3.63, 3.8) is 0 Å². The van der Waals surface area contributed by atoms with Gasteiger partial charge in [0, 0.05) is 25.0 Å². The molecule has 0 aromatic heterocycles. The van der Waals surface area contributed by atoms with Crippen molar-refractivity contribution in [1.82, 2.24) is 4.90 Å². The Morgan fingerprint density at radius 3 is 1.52 bits per heavy atom. The first-order valence-corrected chi connectivity index (χ1v) is 16.6. The van der Waals surface area contributed by atoms with Gasteiger partial charge in [-0.15, -0.1) is 12.4 Å². The molecule has 0 N–H and O–H groups in total. The van der Waals surface area contributed by atoms with Crippen molar-refractivity contribution in [2.75, 3.05) is 25.0 Å². The van der Waals surface area contributed by atoms with E-state index in [1.54, 1.807) is 30.3 Å². The van der Waals surface area contributed by atoms with Crippen molar-refractivity contribution < 1.29 is 22.0 Å². The van der Waals surface area contributed by atoms with Gasteiger partial charge in [-0.1, -0.05) is 107 Å². The predicted molar refractivity (Wildman–Crippen MR) is 193 cm³/mol. The molecule has 0 aliphatic carbocycles. The van der Waals surface area contributed by atoms with E-state index in [2.05, 4.69) is 57.2 Å². The van der Waals surface area contributed by atoms with Gasteiger partial charge in [0.05, 0.1) is 5.56 Å². The van der Waals surface area contributed by atoms with E-state index < -0.39 is 11.7 Å². The average molecular weight is 741 g/mol. The summed E-state index contributed by atoms with van der Waals surface area (Å²) in [5, 5.41) is 0.975. The van der Waals surface area contributed by atoms with Crippen molar-refractivity contribution >= 4 is 33.9 Å². The first-order valence-electron chi connectivity index (χ1n) is 15.5. The summed E-state index contributed by atoms with van der Waals surface area (Å²) in [6.45, 7) is 2.46. The van der Waals surface area contributed by atoms with Crippen molar-refractivity contribution in [2.24, 2.45) is 0 Å². The van der Waals surface area contributed by atoms with Crippen molar-refractivity contribution in [3.05, 3.63) is 161 Å². The summed E-state index contributed by atoms with van der Waals surface area (Å²) >= 11 is 3.42. The molecular weight excluding hydrogens is 705 g/mol. The van der Waals surface area contributed by atoms with Gasteiger partial charge in [-0.2, -0.15) is 13.2 Å². The molecule has 1 heterocycles. The molecule has 0 amide bonds. The maximum atomic E-state index is 13.1. The molecule has 0 atom stereocenters. The fourth-order valence-corrected chi connectivity index (χ4v) is 5.94. The molecule has 0 saturated heterocycles. The summed E-state index contributed by atoms with van der Waals surface area (Å²) in [7, 11) is 0. The fourth-order valence-electron chi connectivity index (χ4n) is 5.48. The highest BCUT2D eigenvalue weighted by molar-refractivity contribution is 9.09. The van der Waals surface area contributed by atoms with Gasteiger partial charge in [-0.25, -0.2) is 8.78 Å². The summed E-state index contributed by atoms with van der Waals surface area (Å²) in [5.41, 5.74) is 7.77. The molecule has 250 valence electrons. The van der Waals surface area contributed by atoms with Gasteiger partial charge >= 0.3 is 6.18 Å². The number of halogens is 7. The molecule has 0 spiro atoms. The van der Waals surface area contributed by atoms with Gasteiger partial charge < -0.3 is 0 Å². The van der Waals surface area contributed by atoms with E-state index in [9.17, 15) is 22.0 Å². The van der Waals surface area contributed by atoms with Crippen LogP contribution in [0.1, 0.15) is 28.7 Å². The lowest BCUT2D eigenvalue weighted by Crippen LogP contribution is -2.30. The Kier molecular flexibility index (Phi) is 13.6. The summed E-state index contributed by atoms with van der Waals surface area (Å²) in [6, 6.07) is 35.3. The SMILES string of the molecule is Cl.Fc1ccc(-c2ccc(CCBr)cc2)cc1.Fc1ccc(-c2ccc(CCN3CC=C(c4cccc(C(F)(F)F)c4)CC3)cc2)cc1. The molecule has 48 heavy (non-hydrogen) atoms. The number of rotatable bonds is 8. The van der Waals surface area contributed by atoms with Gasteiger partial charge in [0.1, 0.15) is 11.6 Å². The maximum Gasteiger partial charge on any atom is 0.416 e. The first kappa shape index (κ1) is 37.0. The zero-order chi connectivity index (χ0) is 33.2. The Balaban J connectivity index is 0.000000258. The third kappa shape index (κ3) is 10.6. The topological polar surface area (TPSA) is 3.24 Å². The van der Waals surface area contributed by atoms with Gasteiger partial charge in [-0.05, 0) is 100 Å². The van der Waals surface area contributed by atoms with Crippen LogP contribution in [0.3, 0.4) is 0 Å². The van der Waals surface area contributed by atoms with E-state index in [-0.39, 0.29) is 24.0 Å². The fraction of sp³-hybridized carbons (Fsp3) is 0.200. The van der Waals surface area contributed by atoms with Gasteiger partial charge in [0.25, 0.3) is 0 Å². The smallest absolute Gasteiger partial charge is 0.299 e. The van der Waals surface area contributed by atoms with Crippen LogP contribution in [0.25, 0.3) is 27.8 Å². The Morgan fingerprint density at radius 1 is 0.604 bits per heavy atom. The Labute approximate surface area is 293 Å². The number of alkyl halides is 4. The predicted octanol–water partition coefficient (Wildman–Crippen LogP) is 11.7. The number of nitrogens with zero attached hydrogens (tertiary/aromatic N) is 1. The van der Waals surface area contributed by atoms with Crippen LogP contribution < -0.4 is 0 Å². The van der Waals surface area contributed by atoms with Gasteiger partial charge in [-0.3, -0.25) is 4.90 Å². The molecule has 0 fully saturated rings. The number of aryl methyl sites for hydroxylation is 1. The van der Waals surface area contributed by atoms with Crippen LogP contribution in [-0.2, 0) is 19.0 Å². The minimum atomic E-state index is -4.32. The van der Waals surface area contributed by atoms with Crippen LogP contribution in [0.15, 0.2) is 127 Å². The minimum absolute atomic E-state index is 0. The summed E-state index contributed by atoms with van der Waals surface area (Å²) in [6.07, 6.45) is 0.394. The van der Waals surface area contributed by atoms with Crippen LogP contribution >= 0.6 is 28.3 Å². The third-order valence-corrected chi connectivity index (χ3v) is 8.61. The number of benzene rings is 5. The van der Waals surface area contributed by atoms with E-state index in [1.165, 1.54) is 47.5 Å². The van der Waals surface area contributed by atoms with Crippen LogP contribution in [0.4, 0.5) is 22.0 Å². The largest absolute Gasteiger partial charge is 0.416 e. The molecular formula is C40H36BrClF5N. The summed E-state index contributed by atoms with van der Waals surface area (Å²) in [5.74, 6) is -0.438. The molecule has 0 unspecified atom stereocenters. The van der Waals surface area contributed by atoms with E-state index in [1.807, 2.05) is 18.2 Å². The second-order valence-electron chi connectivity index (χ2n) is 11.5. The van der Waals surface area contributed by atoms with Crippen LogP contribution in [0, 0.1) is 11.6 Å². The highest BCUT2D eigenvalue weighted by atomic mass is 79.9. The maximum absolute atomic E-state index is 13.1. The molecule has 0 radical (unpaired) electrons. The molecule has 1 aliphatic heterocycles. The highest BCUT2D eigenvalue weighted by Gasteiger charge is 2.30. The Morgan fingerprint density at radius 2 is 1.08 bits per heavy atom. The number of hydrogen-bond donors (Lipinski definition) is 0. The average Bonchev–Trinajstić information content (AvgIpc) is 3.09. The van der Waals surface area contributed by atoms with Gasteiger partial charge in [0.2, 0.25) is 0 Å². The molecule has 0 bridgehead atoms. The van der Waals surface area contributed by atoms with Crippen LogP contribution in [-0.4, -0.2) is 29.9 Å². The second-order valence-corrected chi connectivity index (χ2v) is 12.2. The van der Waals surface area contributed by atoms with E-state index in [0.717, 1.165) is 78.1 Å². The van der Waals surface area contributed by atoms with E-state index >= 15 is 0 Å². The monoisotopic (exact) mass is 739 g/mol. The molecule has 6 rings (SSSR count). The minimum Gasteiger partial charge on any atom is -0.299 e. The van der Waals surface area contributed by atoms with Crippen molar-refractivity contribution in [1.29, 1.82) is 0 Å². The Bertz CT molecular complexity index is 1750. The molecule has 1 nitrogen and oxygen atoms in total. The van der Waals surface area contributed by atoms with Crippen molar-refractivity contribution in [3.8, 4) is 22.3 Å². The van der Waals surface area contributed by atoms with Crippen LogP contribution in [0.5, 0.6) is 0 Å². The van der Waals surface area contributed by atoms with E-state index in [4.69, 9.17) is 0 Å². The lowest BCUT2D eigenvalue weighted by atomic mass is 9.97. The summed E-state index contributed by atoms with van der Waals surface area (Å²) in [4.78, 5) is 2.31. The molecule has 5 aromatic carbocycles. The molecule has 5 aromatic rings. The third-order valence-electron chi connectivity index (χ3n) is 8.22. The zero-order valence-electron chi connectivity index (χ0n) is 26.2. The molecule has 1 aliphatic rings. The number of hydrogen-bond acceptors (Lipinski definition) is 1. The van der Waals surface area contributed by atoms with Crippen molar-refractivity contribution in [2.45, 2.75) is 25.4 Å². The van der Waals surface area contributed by atoms with E-state index in [0.29, 0.717) is 5.56 Å². The second kappa shape index (κ2) is 17.6. The normalized spacial score (nSPS) is 13.2. The highest BCUT2D eigenvalue weighted by Crippen LogP contribution is 2.32. The Hall–Kier alpha value is -3.78. The lowest BCUT2D eigenvalue weighted by Gasteiger charge is -2.26.